The Morgan fingerprint density at radius 2 is 0.810 bits per heavy atom. The van der Waals surface area contributed by atoms with Gasteiger partial charge < -0.3 is 9.32 Å². The van der Waals surface area contributed by atoms with Crippen molar-refractivity contribution in [1.29, 1.82) is 0 Å². The van der Waals surface area contributed by atoms with Gasteiger partial charge in [-0.2, -0.15) is 0 Å². The predicted molar refractivity (Wildman–Crippen MR) is 255 cm³/mol. The maximum absolute atomic E-state index is 6.94. The first kappa shape index (κ1) is 36.4. The topological polar surface area (TPSA) is 55.1 Å². The number of aromatic nitrogens is 3. The highest BCUT2D eigenvalue weighted by Crippen LogP contribution is 2.59. The molecule has 0 fully saturated rings. The quantitative estimate of drug-likeness (QED) is 0.161. The Labute approximate surface area is 365 Å². The Morgan fingerprint density at radius 3 is 1.43 bits per heavy atom. The predicted octanol–water partition coefficient (Wildman–Crippen LogP) is 14.6. The fraction of sp³-hybridized carbons (Fsp3) is 0.0172. The molecule has 0 N–H and O–H groups in total. The molecule has 12 rings (SSSR count). The van der Waals surface area contributed by atoms with Gasteiger partial charge in [0.15, 0.2) is 17.5 Å². The van der Waals surface area contributed by atoms with Crippen LogP contribution in [-0.2, 0) is 5.41 Å². The van der Waals surface area contributed by atoms with Gasteiger partial charge in [-0.05, 0) is 76.3 Å². The van der Waals surface area contributed by atoms with Crippen molar-refractivity contribution in [2.75, 3.05) is 4.90 Å². The van der Waals surface area contributed by atoms with E-state index in [4.69, 9.17) is 19.4 Å². The van der Waals surface area contributed by atoms with Crippen LogP contribution in [0.15, 0.2) is 235 Å². The fourth-order valence-corrected chi connectivity index (χ4v) is 9.58. The number of hydrogen-bond acceptors (Lipinski definition) is 5. The van der Waals surface area contributed by atoms with Crippen molar-refractivity contribution >= 4 is 39.0 Å². The highest BCUT2D eigenvalue weighted by Gasteiger charge is 2.48. The van der Waals surface area contributed by atoms with Gasteiger partial charge in [0.2, 0.25) is 0 Å². The summed E-state index contributed by atoms with van der Waals surface area (Å²) in [5.41, 5.74) is 13.8. The summed E-state index contributed by atoms with van der Waals surface area (Å²) in [6.07, 6.45) is 0. The van der Waals surface area contributed by atoms with Gasteiger partial charge in [-0.15, -0.1) is 0 Å². The number of fused-ring (bicyclic) bond motifs is 5. The largest absolute Gasteiger partial charge is 0.456 e. The minimum atomic E-state index is -0.769. The van der Waals surface area contributed by atoms with Crippen LogP contribution in [0, 0.1) is 0 Å². The molecule has 5 heteroatoms. The molecule has 0 aliphatic carbocycles. The average Bonchev–Trinajstić information content (AvgIpc) is 3.76. The summed E-state index contributed by atoms with van der Waals surface area (Å²) < 4.78 is 6.94. The summed E-state index contributed by atoms with van der Waals surface area (Å²) in [6, 6.07) is 81.2. The van der Waals surface area contributed by atoms with Crippen molar-refractivity contribution in [3.63, 3.8) is 0 Å². The van der Waals surface area contributed by atoms with Gasteiger partial charge in [0.1, 0.15) is 11.2 Å². The summed E-state index contributed by atoms with van der Waals surface area (Å²) in [5.74, 6) is 1.88. The van der Waals surface area contributed by atoms with Crippen molar-refractivity contribution in [1.82, 2.24) is 15.0 Å². The molecule has 296 valence electrons. The summed E-state index contributed by atoms with van der Waals surface area (Å²) in [7, 11) is 0. The van der Waals surface area contributed by atoms with Gasteiger partial charge in [0.25, 0.3) is 0 Å². The van der Waals surface area contributed by atoms with Crippen molar-refractivity contribution in [3.05, 3.63) is 253 Å². The van der Waals surface area contributed by atoms with E-state index in [1.807, 2.05) is 66.7 Å². The van der Waals surface area contributed by atoms with Gasteiger partial charge in [0.05, 0.1) is 16.8 Å². The lowest BCUT2D eigenvalue weighted by Gasteiger charge is -2.46. The Morgan fingerprint density at radius 1 is 0.349 bits per heavy atom. The molecule has 0 radical (unpaired) electrons. The molecule has 0 atom stereocenters. The smallest absolute Gasteiger partial charge is 0.164 e. The van der Waals surface area contributed by atoms with E-state index in [9.17, 15) is 0 Å². The first-order chi connectivity index (χ1) is 31.2. The van der Waals surface area contributed by atoms with Crippen molar-refractivity contribution < 1.29 is 4.42 Å². The van der Waals surface area contributed by atoms with E-state index in [0.717, 1.165) is 83.5 Å². The molecular weight excluding hydrogens is 769 g/mol. The fourth-order valence-electron chi connectivity index (χ4n) is 9.58. The number of rotatable bonds is 7. The van der Waals surface area contributed by atoms with E-state index in [2.05, 4.69) is 169 Å². The monoisotopic (exact) mass is 806 g/mol. The number of hydrogen-bond donors (Lipinski definition) is 0. The molecular formula is C58H38N4O. The lowest BCUT2D eigenvalue weighted by Crippen LogP contribution is -2.37. The first-order valence-electron chi connectivity index (χ1n) is 21.3. The van der Waals surface area contributed by atoms with Crippen LogP contribution in [0.3, 0.4) is 0 Å². The van der Waals surface area contributed by atoms with Gasteiger partial charge in [-0.25, -0.2) is 15.0 Å². The lowest BCUT2D eigenvalue weighted by molar-refractivity contribution is 0.643. The first-order valence-corrected chi connectivity index (χ1v) is 21.3. The van der Waals surface area contributed by atoms with Crippen molar-refractivity contribution in [2.45, 2.75) is 5.41 Å². The molecule has 0 saturated carbocycles. The number of para-hydroxylation sites is 4. The zero-order valence-corrected chi connectivity index (χ0v) is 34.1. The van der Waals surface area contributed by atoms with Crippen LogP contribution in [0.1, 0.15) is 22.3 Å². The molecule has 0 bridgehead atoms. The minimum absolute atomic E-state index is 0.616. The van der Waals surface area contributed by atoms with Crippen LogP contribution in [0.5, 0.6) is 0 Å². The molecule has 0 saturated heterocycles. The molecule has 0 spiro atoms. The van der Waals surface area contributed by atoms with E-state index in [-0.39, 0.29) is 0 Å². The third-order valence-electron chi connectivity index (χ3n) is 12.4. The zero-order chi connectivity index (χ0) is 41.7. The van der Waals surface area contributed by atoms with E-state index < -0.39 is 5.41 Å². The van der Waals surface area contributed by atoms with Crippen molar-refractivity contribution in [3.8, 4) is 45.3 Å². The van der Waals surface area contributed by atoms with Crippen LogP contribution in [0.4, 0.5) is 17.1 Å². The molecule has 63 heavy (non-hydrogen) atoms. The van der Waals surface area contributed by atoms with E-state index >= 15 is 0 Å². The molecule has 3 heterocycles. The summed E-state index contributed by atoms with van der Waals surface area (Å²) in [5, 5.41) is 2.20. The molecule has 1 aliphatic heterocycles. The van der Waals surface area contributed by atoms with Gasteiger partial charge in [-0.1, -0.05) is 182 Å². The standard InChI is InChI=1S/C58H38N4O/c1-4-18-39(19-5-1)43-24-16-25-44(38-43)58(50-30-17-27-47-46-26-10-15-33-53(46)63-54(47)50)48-28-11-13-31-51(48)62(52-32-14-12-29-49(52)58)45-36-34-42(35-37-45)57-60-55(40-20-6-2-7-21-40)59-56(61-57)41-22-8-3-9-23-41/h1-38H. The SMILES string of the molecule is c1ccc(-c2cccc(C3(c4cccc5c4oc4ccccc45)c4ccccc4N(c4ccc(-c5nc(-c6ccccc6)nc(-c6ccccc6)n5)cc4)c4ccccc43)c2)cc1. The molecule has 0 unspecified atom stereocenters. The Hall–Kier alpha value is -8.41. The summed E-state index contributed by atoms with van der Waals surface area (Å²) in [4.78, 5) is 17.4. The Bertz CT molecular complexity index is 3350. The van der Waals surface area contributed by atoms with E-state index in [1.54, 1.807) is 0 Å². The Kier molecular flexibility index (Phi) is 8.64. The van der Waals surface area contributed by atoms with Crippen LogP contribution in [-0.4, -0.2) is 15.0 Å². The van der Waals surface area contributed by atoms with Gasteiger partial charge in [-0.3, -0.25) is 0 Å². The van der Waals surface area contributed by atoms with Crippen LogP contribution in [0.2, 0.25) is 0 Å². The van der Waals surface area contributed by atoms with E-state index in [1.165, 1.54) is 5.56 Å². The molecule has 9 aromatic carbocycles. The second-order valence-corrected chi connectivity index (χ2v) is 15.9. The lowest BCUT2D eigenvalue weighted by atomic mass is 9.62. The second-order valence-electron chi connectivity index (χ2n) is 15.9. The van der Waals surface area contributed by atoms with Gasteiger partial charge >= 0.3 is 0 Å². The van der Waals surface area contributed by atoms with Crippen LogP contribution in [0.25, 0.3) is 67.2 Å². The molecule has 2 aromatic heterocycles. The molecule has 0 amide bonds. The summed E-state index contributed by atoms with van der Waals surface area (Å²) in [6.45, 7) is 0. The van der Waals surface area contributed by atoms with Gasteiger partial charge in [0, 0.05) is 38.7 Å². The number of anilines is 3. The van der Waals surface area contributed by atoms with Crippen molar-refractivity contribution in [2.24, 2.45) is 0 Å². The van der Waals surface area contributed by atoms with Crippen LogP contribution < -0.4 is 4.90 Å². The average molecular weight is 807 g/mol. The Balaban J connectivity index is 1.07. The third kappa shape index (κ3) is 5.97. The molecule has 5 nitrogen and oxygen atoms in total. The molecule has 11 aromatic rings. The second kappa shape index (κ2) is 14.9. The maximum atomic E-state index is 6.94. The highest BCUT2D eigenvalue weighted by molar-refractivity contribution is 6.07. The number of nitrogens with zero attached hydrogens (tertiary/aromatic N) is 4. The van der Waals surface area contributed by atoms with E-state index in [0.29, 0.717) is 17.5 Å². The highest BCUT2D eigenvalue weighted by atomic mass is 16.3. The number of benzene rings is 9. The zero-order valence-electron chi connectivity index (χ0n) is 34.1. The number of furan rings is 1. The third-order valence-corrected chi connectivity index (χ3v) is 12.4. The summed E-state index contributed by atoms with van der Waals surface area (Å²) >= 11 is 0. The minimum Gasteiger partial charge on any atom is -0.456 e. The maximum Gasteiger partial charge on any atom is 0.164 e. The normalized spacial score (nSPS) is 12.9. The molecule has 1 aliphatic rings. The van der Waals surface area contributed by atoms with Crippen LogP contribution >= 0.6 is 0 Å².